The third-order valence-electron chi connectivity index (χ3n) is 11.0. The fraction of sp³-hybridized carbons (Fsp3) is 0.390. The average Bonchev–Trinajstić information content (AvgIpc) is 3.95. The number of H-pyrrole nitrogens is 1. The monoisotopic (exact) mass is 739 g/mol. The molecule has 1 atom stereocenters. The minimum atomic E-state index is -0.605. The van der Waals surface area contributed by atoms with Crippen LogP contribution in [-0.4, -0.2) is 84.5 Å². The molecule has 6 heterocycles. The lowest BCUT2D eigenvalue weighted by molar-refractivity contribution is -0.136. The lowest BCUT2D eigenvalue weighted by Crippen LogP contribution is -2.52. The highest BCUT2D eigenvalue weighted by Crippen LogP contribution is 2.33. The number of likely N-dealkylation sites (tertiary alicyclic amines) is 1. The van der Waals surface area contributed by atoms with E-state index < -0.39 is 6.04 Å². The van der Waals surface area contributed by atoms with Gasteiger partial charge in [0.25, 0.3) is 5.91 Å². The average molecular weight is 740 g/mol. The second-order valence-electron chi connectivity index (χ2n) is 14.6. The van der Waals surface area contributed by atoms with Gasteiger partial charge in [-0.3, -0.25) is 24.4 Å². The Balaban J connectivity index is 0.770. The highest BCUT2D eigenvalue weighted by atomic mass is 16.2. The summed E-state index contributed by atoms with van der Waals surface area (Å²) in [5.41, 5.74) is 7.06. The summed E-state index contributed by atoms with van der Waals surface area (Å²) in [5, 5.41) is 23.5. The van der Waals surface area contributed by atoms with Gasteiger partial charge in [0.1, 0.15) is 11.7 Å². The highest BCUT2D eigenvalue weighted by molar-refractivity contribution is 6.07. The number of imide groups is 1. The summed E-state index contributed by atoms with van der Waals surface area (Å²) < 4.78 is 1.76. The van der Waals surface area contributed by atoms with Crippen molar-refractivity contribution in [1.29, 1.82) is 5.26 Å². The largest absolute Gasteiger partial charge is 0.384 e. The van der Waals surface area contributed by atoms with Crippen LogP contribution in [0.5, 0.6) is 0 Å². The van der Waals surface area contributed by atoms with Gasteiger partial charge in [0, 0.05) is 54.2 Å². The van der Waals surface area contributed by atoms with Crippen LogP contribution in [-0.2, 0) is 22.7 Å². The first-order chi connectivity index (χ1) is 26.9. The molecule has 3 aromatic heterocycles. The van der Waals surface area contributed by atoms with Gasteiger partial charge in [-0.05, 0) is 93.0 Å². The van der Waals surface area contributed by atoms with Gasteiger partial charge >= 0.3 is 0 Å². The normalized spacial score (nSPS) is 17.7. The summed E-state index contributed by atoms with van der Waals surface area (Å²) in [4.78, 5) is 54.3. The SMILES string of the molecule is N#CCCn1cc(-c2nc(Nc3ccc(C4CCN(CCCCCNc5cccc6c5C(=O)N(C5CCC(=O)NC5=O)C6)CC4)cc3)nc3[nH]ccc23)cn1. The fourth-order valence-electron chi connectivity index (χ4n) is 8.07. The van der Waals surface area contributed by atoms with E-state index in [0.717, 1.165) is 97.5 Å². The molecule has 0 radical (unpaired) electrons. The van der Waals surface area contributed by atoms with Crippen molar-refractivity contribution in [3.63, 3.8) is 0 Å². The minimum Gasteiger partial charge on any atom is -0.384 e. The molecule has 4 N–H and O–H groups in total. The predicted octanol–water partition coefficient (Wildman–Crippen LogP) is 5.70. The number of carbonyl (C=O) groups excluding carboxylic acids is 3. The van der Waals surface area contributed by atoms with E-state index in [1.807, 2.05) is 36.7 Å². The first-order valence-corrected chi connectivity index (χ1v) is 19.3. The zero-order valence-electron chi connectivity index (χ0n) is 30.8. The number of carbonyl (C=O) groups is 3. The maximum absolute atomic E-state index is 13.4. The lowest BCUT2D eigenvalue weighted by atomic mass is 9.89. The van der Waals surface area contributed by atoms with Gasteiger partial charge in [0.15, 0.2) is 0 Å². The number of anilines is 3. The number of nitrogens with zero attached hydrogens (tertiary/aromatic N) is 7. The second kappa shape index (κ2) is 16.1. The molecule has 0 saturated carbocycles. The summed E-state index contributed by atoms with van der Waals surface area (Å²) in [5.74, 6) is 0.227. The molecule has 1 unspecified atom stereocenters. The number of hydrogen-bond acceptors (Lipinski definition) is 10. The molecule has 3 aliphatic heterocycles. The summed E-state index contributed by atoms with van der Waals surface area (Å²) >= 11 is 0. The van der Waals surface area contributed by atoms with E-state index in [9.17, 15) is 14.4 Å². The van der Waals surface area contributed by atoms with Crippen molar-refractivity contribution in [3.05, 3.63) is 83.8 Å². The van der Waals surface area contributed by atoms with Crippen molar-refractivity contribution in [2.45, 2.75) is 76.4 Å². The maximum atomic E-state index is 13.4. The zero-order valence-corrected chi connectivity index (χ0v) is 30.8. The van der Waals surface area contributed by atoms with Crippen LogP contribution >= 0.6 is 0 Å². The topological polar surface area (TPSA) is 177 Å². The molecule has 5 aromatic rings. The number of nitriles is 1. The summed E-state index contributed by atoms with van der Waals surface area (Å²) in [6.07, 6.45) is 12.1. The summed E-state index contributed by atoms with van der Waals surface area (Å²) in [6.45, 7) is 4.96. The molecule has 2 aromatic carbocycles. The van der Waals surface area contributed by atoms with Crippen molar-refractivity contribution in [3.8, 4) is 17.3 Å². The second-order valence-corrected chi connectivity index (χ2v) is 14.6. The third-order valence-corrected chi connectivity index (χ3v) is 11.0. The van der Waals surface area contributed by atoms with Crippen LogP contribution in [0.25, 0.3) is 22.3 Å². The quantitative estimate of drug-likeness (QED) is 0.0816. The Bertz CT molecular complexity index is 2230. The number of nitrogens with one attached hydrogen (secondary N) is 4. The third kappa shape index (κ3) is 7.93. The predicted molar refractivity (Wildman–Crippen MR) is 208 cm³/mol. The molecule has 0 bridgehead atoms. The van der Waals surface area contributed by atoms with Gasteiger partial charge in [0.05, 0.1) is 36.5 Å². The number of benzene rings is 2. The van der Waals surface area contributed by atoms with Crippen LogP contribution in [0.1, 0.15) is 78.8 Å². The number of aromatic amines is 1. The molecule has 55 heavy (non-hydrogen) atoms. The number of piperidine rings is 2. The number of amides is 3. The van der Waals surface area contributed by atoms with E-state index in [-0.39, 0.29) is 24.1 Å². The number of unbranched alkanes of at least 4 members (excludes halogenated alkanes) is 2. The Kier molecular flexibility index (Phi) is 10.5. The van der Waals surface area contributed by atoms with Crippen molar-refractivity contribution in [2.24, 2.45) is 0 Å². The fourth-order valence-corrected chi connectivity index (χ4v) is 8.07. The first kappa shape index (κ1) is 35.9. The van der Waals surface area contributed by atoms with Crippen molar-refractivity contribution in [2.75, 3.05) is 36.8 Å². The van der Waals surface area contributed by atoms with Crippen LogP contribution in [0.2, 0.25) is 0 Å². The van der Waals surface area contributed by atoms with E-state index in [1.54, 1.807) is 15.8 Å². The molecule has 282 valence electrons. The number of rotatable bonds is 14. The van der Waals surface area contributed by atoms with E-state index in [1.165, 1.54) is 5.56 Å². The number of hydrogen-bond donors (Lipinski definition) is 4. The Labute approximate surface area is 319 Å². The Morgan fingerprint density at radius 3 is 2.62 bits per heavy atom. The summed E-state index contributed by atoms with van der Waals surface area (Å²) in [7, 11) is 0. The number of aryl methyl sites for hydroxylation is 1. The van der Waals surface area contributed by atoms with Gasteiger partial charge in [-0.25, -0.2) is 4.98 Å². The van der Waals surface area contributed by atoms with Gasteiger partial charge in [-0.2, -0.15) is 15.3 Å². The molecule has 3 aliphatic rings. The van der Waals surface area contributed by atoms with E-state index in [0.29, 0.717) is 43.4 Å². The zero-order chi connectivity index (χ0) is 37.7. The van der Waals surface area contributed by atoms with Crippen LogP contribution in [0.15, 0.2) is 67.1 Å². The molecular weight excluding hydrogens is 695 g/mol. The molecule has 2 fully saturated rings. The highest BCUT2D eigenvalue weighted by Gasteiger charge is 2.40. The van der Waals surface area contributed by atoms with Crippen LogP contribution in [0.3, 0.4) is 0 Å². The Morgan fingerprint density at radius 2 is 1.80 bits per heavy atom. The molecule has 2 saturated heterocycles. The maximum Gasteiger partial charge on any atom is 0.257 e. The smallest absolute Gasteiger partial charge is 0.257 e. The van der Waals surface area contributed by atoms with E-state index in [4.69, 9.17) is 15.2 Å². The minimum absolute atomic E-state index is 0.145. The lowest BCUT2D eigenvalue weighted by Gasteiger charge is -2.32. The Hall–Kier alpha value is -6.07. The van der Waals surface area contributed by atoms with Crippen molar-refractivity contribution < 1.29 is 14.4 Å². The number of fused-ring (bicyclic) bond motifs is 2. The van der Waals surface area contributed by atoms with Gasteiger partial charge < -0.3 is 25.4 Å². The van der Waals surface area contributed by atoms with Crippen LogP contribution in [0, 0.1) is 11.3 Å². The van der Waals surface area contributed by atoms with Crippen LogP contribution in [0.4, 0.5) is 17.3 Å². The van der Waals surface area contributed by atoms with Gasteiger partial charge in [0.2, 0.25) is 17.8 Å². The van der Waals surface area contributed by atoms with E-state index >= 15 is 0 Å². The molecule has 3 amide bonds. The Morgan fingerprint density at radius 1 is 0.945 bits per heavy atom. The van der Waals surface area contributed by atoms with E-state index in [2.05, 4.69) is 61.3 Å². The van der Waals surface area contributed by atoms with Gasteiger partial charge in [-0.1, -0.05) is 30.7 Å². The first-order valence-electron chi connectivity index (χ1n) is 19.3. The molecule has 8 rings (SSSR count). The van der Waals surface area contributed by atoms with Gasteiger partial charge in [-0.15, -0.1) is 0 Å². The standard InChI is InChI=1S/C41H45N11O3/c42-17-5-21-51-25-30(24-45-51)37-32-14-19-44-38(32)49-41(48-37)46-31-10-8-27(9-11-31)28-15-22-50(23-16-28)20-3-1-2-18-43-33-7-4-6-29-26-52(40(55)36(29)33)34-12-13-35(53)47-39(34)54/h4,6-11,14,19,24-25,28,34,43H,1-3,5,12-13,15-16,18,20-23,26H2,(H,47,53,54)(H2,44,46,48,49). The molecule has 14 heteroatoms. The molecule has 0 spiro atoms. The van der Waals surface area contributed by atoms with Crippen molar-refractivity contribution >= 4 is 46.1 Å². The molecule has 0 aliphatic carbocycles. The summed E-state index contributed by atoms with van der Waals surface area (Å²) in [6, 6.07) is 18.0. The molecular formula is C41H45N11O3. The number of aromatic nitrogens is 5. The van der Waals surface area contributed by atoms with Crippen molar-refractivity contribution in [1.82, 2.24) is 39.8 Å². The van der Waals surface area contributed by atoms with Crippen LogP contribution < -0.4 is 16.0 Å². The molecule has 14 nitrogen and oxygen atoms in total.